The third-order valence-corrected chi connectivity index (χ3v) is 3.18. The topological polar surface area (TPSA) is 69.7 Å². The van der Waals surface area contributed by atoms with Gasteiger partial charge in [-0.05, 0) is 26.7 Å². The van der Waals surface area contributed by atoms with E-state index in [1.807, 2.05) is 0 Å². The van der Waals surface area contributed by atoms with Crippen molar-refractivity contribution in [3.63, 3.8) is 0 Å². The molecule has 110 valence electrons. The fourth-order valence-electron chi connectivity index (χ4n) is 2.20. The zero-order chi connectivity index (χ0) is 14.5. The third-order valence-electron chi connectivity index (χ3n) is 3.18. The maximum atomic E-state index is 4.69. The highest BCUT2D eigenvalue weighted by Crippen LogP contribution is 2.25. The van der Waals surface area contributed by atoms with E-state index in [0.29, 0.717) is 12.0 Å². The van der Waals surface area contributed by atoms with Crippen LogP contribution in [-0.2, 0) is 0 Å². The summed E-state index contributed by atoms with van der Waals surface area (Å²) < 4.78 is 0. The SMILES string of the molecule is CCCNc1nc(N(CCC)C(C)C)c2cn[nH]c2n1. The van der Waals surface area contributed by atoms with Crippen LogP contribution >= 0.6 is 0 Å². The molecule has 0 atom stereocenters. The highest BCUT2D eigenvalue weighted by atomic mass is 15.3. The van der Waals surface area contributed by atoms with Crippen molar-refractivity contribution >= 4 is 22.8 Å². The summed E-state index contributed by atoms with van der Waals surface area (Å²) in [6.07, 6.45) is 3.93. The summed E-state index contributed by atoms with van der Waals surface area (Å²) in [5.74, 6) is 1.62. The quantitative estimate of drug-likeness (QED) is 0.813. The summed E-state index contributed by atoms with van der Waals surface area (Å²) in [5.41, 5.74) is 0.787. The van der Waals surface area contributed by atoms with Gasteiger partial charge in [0.2, 0.25) is 5.95 Å². The summed E-state index contributed by atoms with van der Waals surface area (Å²) in [6.45, 7) is 10.5. The van der Waals surface area contributed by atoms with Gasteiger partial charge in [0.05, 0.1) is 11.6 Å². The average molecular weight is 276 g/mol. The first-order valence-corrected chi connectivity index (χ1v) is 7.39. The molecule has 6 heteroatoms. The summed E-state index contributed by atoms with van der Waals surface area (Å²) in [7, 11) is 0. The Morgan fingerprint density at radius 1 is 1.25 bits per heavy atom. The standard InChI is InChI=1S/C14H24N6/c1-5-7-15-14-17-12-11(9-16-19-12)13(18-14)20(8-6-2)10(3)4/h9-10H,5-8H2,1-4H3,(H2,15,16,17,18,19). The number of aromatic amines is 1. The Bertz CT molecular complexity index is 548. The van der Waals surface area contributed by atoms with Gasteiger partial charge in [0.1, 0.15) is 5.82 Å². The smallest absolute Gasteiger partial charge is 0.226 e. The minimum absolute atomic E-state index is 0.391. The maximum Gasteiger partial charge on any atom is 0.226 e. The van der Waals surface area contributed by atoms with E-state index in [1.54, 1.807) is 6.20 Å². The van der Waals surface area contributed by atoms with Gasteiger partial charge in [-0.3, -0.25) is 5.10 Å². The maximum absolute atomic E-state index is 4.69. The van der Waals surface area contributed by atoms with E-state index in [1.165, 1.54) is 0 Å². The van der Waals surface area contributed by atoms with Crippen LogP contribution in [0.4, 0.5) is 11.8 Å². The van der Waals surface area contributed by atoms with Crippen LogP contribution in [0.15, 0.2) is 6.20 Å². The number of fused-ring (bicyclic) bond motifs is 1. The Morgan fingerprint density at radius 3 is 2.70 bits per heavy atom. The first-order chi connectivity index (χ1) is 9.67. The number of nitrogens with one attached hydrogen (secondary N) is 2. The molecule has 0 saturated carbocycles. The molecule has 0 bridgehead atoms. The predicted octanol–water partition coefficient (Wildman–Crippen LogP) is 2.80. The van der Waals surface area contributed by atoms with Crippen molar-refractivity contribution in [1.82, 2.24) is 20.2 Å². The van der Waals surface area contributed by atoms with Gasteiger partial charge in [-0.1, -0.05) is 13.8 Å². The van der Waals surface area contributed by atoms with Crippen LogP contribution < -0.4 is 10.2 Å². The Balaban J connectivity index is 2.45. The molecule has 2 aromatic rings. The van der Waals surface area contributed by atoms with Gasteiger partial charge in [-0.25, -0.2) is 0 Å². The lowest BCUT2D eigenvalue weighted by atomic mass is 10.2. The molecule has 0 fully saturated rings. The Labute approximate surface area is 120 Å². The molecule has 2 rings (SSSR count). The Morgan fingerprint density at radius 2 is 2.05 bits per heavy atom. The molecular weight excluding hydrogens is 252 g/mol. The van der Waals surface area contributed by atoms with E-state index < -0.39 is 0 Å². The molecule has 2 N–H and O–H groups in total. The third kappa shape index (κ3) is 3.00. The average Bonchev–Trinajstić information content (AvgIpc) is 2.89. The molecule has 0 unspecified atom stereocenters. The molecule has 0 amide bonds. The van der Waals surface area contributed by atoms with Crippen molar-refractivity contribution in [2.75, 3.05) is 23.3 Å². The van der Waals surface area contributed by atoms with Gasteiger partial charge in [-0.2, -0.15) is 15.1 Å². The van der Waals surface area contributed by atoms with E-state index in [9.17, 15) is 0 Å². The lowest BCUT2D eigenvalue weighted by Gasteiger charge is -2.28. The normalized spacial score (nSPS) is 11.2. The van der Waals surface area contributed by atoms with Gasteiger partial charge in [0.25, 0.3) is 0 Å². The molecule has 0 aliphatic rings. The van der Waals surface area contributed by atoms with Crippen LogP contribution in [0.3, 0.4) is 0 Å². The van der Waals surface area contributed by atoms with Crippen molar-refractivity contribution < 1.29 is 0 Å². The second-order valence-electron chi connectivity index (χ2n) is 5.22. The van der Waals surface area contributed by atoms with Crippen molar-refractivity contribution in [2.45, 2.75) is 46.6 Å². The molecule has 0 aliphatic carbocycles. The summed E-state index contributed by atoms with van der Waals surface area (Å²) in [4.78, 5) is 11.5. The van der Waals surface area contributed by atoms with Gasteiger partial charge in [0.15, 0.2) is 5.65 Å². The molecule has 0 spiro atoms. The van der Waals surface area contributed by atoms with E-state index in [-0.39, 0.29) is 0 Å². The molecule has 0 aliphatic heterocycles. The van der Waals surface area contributed by atoms with Crippen molar-refractivity contribution in [1.29, 1.82) is 0 Å². The molecule has 2 aromatic heterocycles. The fraction of sp³-hybridized carbons (Fsp3) is 0.643. The number of hydrogen-bond donors (Lipinski definition) is 2. The monoisotopic (exact) mass is 276 g/mol. The number of anilines is 2. The number of hydrogen-bond acceptors (Lipinski definition) is 5. The molecule has 0 radical (unpaired) electrons. The van der Waals surface area contributed by atoms with E-state index in [4.69, 9.17) is 4.98 Å². The molecule has 6 nitrogen and oxygen atoms in total. The van der Waals surface area contributed by atoms with Crippen LogP contribution in [0.2, 0.25) is 0 Å². The number of nitrogens with zero attached hydrogens (tertiary/aromatic N) is 4. The minimum atomic E-state index is 0.391. The van der Waals surface area contributed by atoms with E-state index in [0.717, 1.165) is 42.8 Å². The van der Waals surface area contributed by atoms with E-state index in [2.05, 4.69) is 53.1 Å². The fourth-order valence-corrected chi connectivity index (χ4v) is 2.20. The van der Waals surface area contributed by atoms with Gasteiger partial charge in [0, 0.05) is 19.1 Å². The number of aromatic nitrogens is 4. The molecule has 0 aromatic carbocycles. The largest absolute Gasteiger partial charge is 0.354 e. The second kappa shape index (κ2) is 6.54. The lowest BCUT2D eigenvalue weighted by molar-refractivity contribution is 0.664. The van der Waals surface area contributed by atoms with Crippen molar-refractivity contribution in [3.05, 3.63) is 6.20 Å². The van der Waals surface area contributed by atoms with Crippen molar-refractivity contribution in [3.8, 4) is 0 Å². The highest BCUT2D eigenvalue weighted by Gasteiger charge is 2.17. The van der Waals surface area contributed by atoms with Crippen molar-refractivity contribution in [2.24, 2.45) is 0 Å². The molecular formula is C14H24N6. The first kappa shape index (κ1) is 14.6. The van der Waals surface area contributed by atoms with Gasteiger partial charge in [-0.15, -0.1) is 0 Å². The Hall–Kier alpha value is -1.85. The second-order valence-corrected chi connectivity index (χ2v) is 5.22. The zero-order valence-electron chi connectivity index (χ0n) is 12.8. The lowest BCUT2D eigenvalue weighted by Crippen LogP contribution is -2.32. The summed E-state index contributed by atoms with van der Waals surface area (Å²) in [5, 5.41) is 11.3. The van der Waals surface area contributed by atoms with Crippen LogP contribution in [-0.4, -0.2) is 39.3 Å². The van der Waals surface area contributed by atoms with Crippen LogP contribution in [0.5, 0.6) is 0 Å². The predicted molar refractivity (Wildman–Crippen MR) is 83.2 cm³/mol. The van der Waals surface area contributed by atoms with Crippen LogP contribution in [0.25, 0.3) is 11.0 Å². The highest BCUT2D eigenvalue weighted by molar-refractivity contribution is 5.87. The summed E-state index contributed by atoms with van der Waals surface area (Å²) in [6, 6.07) is 0.391. The number of rotatable bonds is 7. The Kier molecular flexibility index (Phi) is 4.76. The first-order valence-electron chi connectivity index (χ1n) is 7.39. The molecule has 2 heterocycles. The zero-order valence-corrected chi connectivity index (χ0v) is 12.8. The van der Waals surface area contributed by atoms with Crippen LogP contribution in [0, 0.1) is 0 Å². The summed E-state index contributed by atoms with van der Waals surface area (Å²) >= 11 is 0. The number of H-pyrrole nitrogens is 1. The van der Waals surface area contributed by atoms with Crippen LogP contribution in [0.1, 0.15) is 40.5 Å². The van der Waals surface area contributed by atoms with Gasteiger partial charge < -0.3 is 10.2 Å². The molecule has 0 saturated heterocycles. The van der Waals surface area contributed by atoms with Gasteiger partial charge >= 0.3 is 0 Å². The van der Waals surface area contributed by atoms with E-state index >= 15 is 0 Å². The minimum Gasteiger partial charge on any atom is -0.354 e. The molecule has 20 heavy (non-hydrogen) atoms.